The molecule has 9 heteroatoms. The summed E-state index contributed by atoms with van der Waals surface area (Å²) in [5.74, 6) is 1.44. The molecule has 4 aromatic carbocycles. The number of rotatable bonds is 12. The van der Waals surface area contributed by atoms with Gasteiger partial charge in [-0.1, -0.05) is 65.7 Å². The van der Waals surface area contributed by atoms with Gasteiger partial charge in [-0.05, 0) is 66.1 Å². The van der Waals surface area contributed by atoms with E-state index in [-0.39, 0.29) is 0 Å². The minimum atomic E-state index is -0.414. The summed E-state index contributed by atoms with van der Waals surface area (Å²) in [5, 5.41) is 5.08. The van der Waals surface area contributed by atoms with Gasteiger partial charge in [-0.2, -0.15) is 5.10 Å². The highest BCUT2D eigenvalue weighted by Crippen LogP contribution is 2.37. The lowest BCUT2D eigenvalue weighted by Gasteiger charge is -2.14. The number of carbonyl (C=O) groups excluding carboxylic acids is 1. The summed E-state index contributed by atoms with van der Waals surface area (Å²) >= 11 is 12.5. The third kappa shape index (κ3) is 7.91. The van der Waals surface area contributed by atoms with Crippen LogP contribution >= 0.6 is 23.2 Å². The van der Waals surface area contributed by atoms with Crippen LogP contribution in [0, 0.1) is 0 Å². The van der Waals surface area contributed by atoms with Gasteiger partial charge in [0.15, 0.2) is 23.0 Å². The molecule has 40 heavy (non-hydrogen) atoms. The molecule has 4 rings (SSSR count). The van der Waals surface area contributed by atoms with Gasteiger partial charge in [-0.25, -0.2) is 5.43 Å². The van der Waals surface area contributed by atoms with Crippen LogP contribution < -0.4 is 24.4 Å². The van der Waals surface area contributed by atoms with Crippen molar-refractivity contribution in [1.82, 2.24) is 5.43 Å². The van der Waals surface area contributed by atoms with Crippen LogP contribution in [-0.2, 0) is 13.2 Å². The van der Waals surface area contributed by atoms with Crippen LogP contribution in [0.2, 0.25) is 10.0 Å². The van der Waals surface area contributed by atoms with Gasteiger partial charge < -0.3 is 18.9 Å². The van der Waals surface area contributed by atoms with E-state index in [4.69, 9.17) is 42.1 Å². The SMILES string of the molecule is CCOc1cc(/C=N/NC(=O)c2ccc(OCc3ccccc3)c(OC)c2)cc(Cl)c1OCc1ccc(Cl)cc1. The van der Waals surface area contributed by atoms with Crippen molar-refractivity contribution in [2.24, 2.45) is 5.10 Å². The molecule has 0 radical (unpaired) electrons. The van der Waals surface area contributed by atoms with Crippen LogP contribution in [0.1, 0.15) is 34.0 Å². The minimum Gasteiger partial charge on any atom is -0.493 e. The summed E-state index contributed by atoms with van der Waals surface area (Å²) in [6, 6.07) is 25.5. The quantitative estimate of drug-likeness (QED) is 0.141. The van der Waals surface area contributed by atoms with Crippen LogP contribution in [0.3, 0.4) is 0 Å². The average Bonchev–Trinajstić information content (AvgIpc) is 2.97. The number of amides is 1. The number of nitrogens with zero attached hydrogens (tertiary/aromatic N) is 1. The van der Waals surface area contributed by atoms with Crippen LogP contribution in [0.5, 0.6) is 23.0 Å². The van der Waals surface area contributed by atoms with E-state index in [1.54, 1.807) is 42.5 Å². The lowest BCUT2D eigenvalue weighted by molar-refractivity contribution is 0.0954. The van der Waals surface area contributed by atoms with Crippen LogP contribution in [0.15, 0.2) is 90.0 Å². The lowest BCUT2D eigenvalue weighted by atomic mass is 10.2. The van der Waals surface area contributed by atoms with E-state index in [0.29, 0.717) is 64.0 Å². The Bertz CT molecular complexity index is 1460. The molecule has 0 saturated heterocycles. The standard InChI is InChI=1S/C31H28Cl2N2O5/c1-3-38-29-16-23(15-26(33)30(29)40-20-22-9-12-25(32)13-10-22)18-34-35-31(36)24-11-14-27(28(17-24)37-2)39-19-21-7-5-4-6-8-21/h4-18H,3,19-20H2,1-2H3,(H,35,36)/b34-18+. The van der Waals surface area contributed by atoms with Gasteiger partial charge in [0.25, 0.3) is 5.91 Å². The number of benzene rings is 4. The largest absolute Gasteiger partial charge is 0.493 e. The zero-order valence-electron chi connectivity index (χ0n) is 22.0. The second kappa shape index (κ2) is 14.3. The van der Waals surface area contributed by atoms with Gasteiger partial charge >= 0.3 is 0 Å². The number of ether oxygens (including phenoxy) is 4. The maximum absolute atomic E-state index is 12.7. The number of halogens is 2. The van der Waals surface area contributed by atoms with Crippen molar-refractivity contribution < 1.29 is 23.7 Å². The summed E-state index contributed by atoms with van der Waals surface area (Å²) in [5.41, 5.74) is 5.46. The number of methoxy groups -OCH3 is 1. The van der Waals surface area contributed by atoms with Crippen molar-refractivity contribution in [2.45, 2.75) is 20.1 Å². The van der Waals surface area contributed by atoms with Gasteiger partial charge in [-0.15, -0.1) is 0 Å². The van der Waals surface area contributed by atoms with Crippen molar-refractivity contribution in [3.63, 3.8) is 0 Å². The Morgan fingerprint density at radius 1 is 0.825 bits per heavy atom. The van der Waals surface area contributed by atoms with Crippen LogP contribution in [0.4, 0.5) is 0 Å². The number of hydrogen-bond donors (Lipinski definition) is 1. The highest BCUT2D eigenvalue weighted by Gasteiger charge is 2.14. The van der Waals surface area contributed by atoms with E-state index in [1.165, 1.54) is 13.3 Å². The van der Waals surface area contributed by atoms with Crippen LogP contribution in [0.25, 0.3) is 0 Å². The Morgan fingerprint density at radius 3 is 2.27 bits per heavy atom. The van der Waals surface area contributed by atoms with Crippen molar-refractivity contribution in [1.29, 1.82) is 0 Å². The molecule has 7 nitrogen and oxygen atoms in total. The normalized spacial score (nSPS) is 10.8. The Hall–Kier alpha value is -4.20. The Labute approximate surface area is 243 Å². The second-order valence-electron chi connectivity index (χ2n) is 8.52. The minimum absolute atomic E-state index is 0.292. The number of hydrazone groups is 1. The molecule has 4 aromatic rings. The number of carbonyl (C=O) groups is 1. The fourth-order valence-corrected chi connectivity index (χ4v) is 4.09. The van der Waals surface area contributed by atoms with E-state index < -0.39 is 5.91 Å². The number of hydrogen-bond acceptors (Lipinski definition) is 6. The van der Waals surface area contributed by atoms with Gasteiger partial charge in [0.1, 0.15) is 13.2 Å². The van der Waals surface area contributed by atoms with Crippen molar-refractivity contribution in [3.8, 4) is 23.0 Å². The smallest absolute Gasteiger partial charge is 0.271 e. The number of nitrogens with one attached hydrogen (secondary N) is 1. The van der Waals surface area contributed by atoms with E-state index in [0.717, 1.165) is 11.1 Å². The monoisotopic (exact) mass is 578 g/mol. The zero-order chi connectivity index (χ0) is 28.3. The Kier molecular flexibility index (Phi) is 10.3. The molecule has 1 amide bonds. The molecule has 0 spiro atoms. The Morgan fingerprint density at radius 2 is 1.55 bits per heavy atom. The predicted molar refractivity (Wildman–Crippen MR) is 157 cm³/mol. The van der Waals surface area contributed by atoms with Crippen LogP contribution in [-0.4, -0.2) is 25.8 Å². The molecule has 0 saturated carbocycles. The molecule has 0 bridgehead atoms. The summed E-state index contributed by atoms with van der Waals surface area (Å²) in [6.45, 7) is 2.95. The fraction of sp³-hybridized carbons (Fsp3) is 0.161. The summed E-state index contributed by atoms with van der Waals surface area (Å²) in [4.78, 5) is 12.7. The Balaban J connectivity index is 1.40. The van der Waals surface area contributed by atoms with Crippen molar-refractivity contribution in [3.05, 3.63) is 117 Å². The molecular formula is C31H28Cl2N2O5. The van der Waals surface area contributed by atoms with E-state index >= 15 is 0 Å². The molecule has 0 aliphatic rings. The van der Waals surface area contributed by atoms with E-state index in [2.05, 4.69) is 10.5 Å². The maximum Gasteiger partial charge on any atom is 0.271 e. The summed E-state index contributed by atoms with van der Waals surface area (Å²) < 4.78 is 23.0. The van der Waals surface area contributed by atoms with Gasteiger partial charge in [0, 0.05) is 10.6 Å². The third-order valence-electron chi connectivity index (χ3n) is 5.67. The molecule has 0 aliphatic carbocycles. The molecule has 1 N–H and O–H groups in total. The maximum atomic E-state index is 12.7. The topological polar surface area (TPSA) is 78.4 Å². The van der Waals surface area contributed by atoms with Gasteiger partial charge in [0.05, 0.1) is 25.0 Å². The summed E-state index contributed by atoms with van der Waals surface area (Å²) in [6.07, 6.45) is 1.48. The van der Waals surface area contributed by atoms with E-state index in [1.807, 2.05) is 49.4 Å². The van der Waals surface area contributed by atoms with Crippen molar-refractivity contribution in [2.75, 3.05) is 13.7 Å². The first-order valence-corrected chi connectivity index (χ1v) is 13.2. The third-order valence-corrected chi connectivity index (χ3v) is 6.20. The second-order valence-corrected chi connectivity index (χ2v) is 9.36. The average molecular weight is 579 g/mol. The highest BCUT2D eigenvalue weighted by atomic mass is 35.5. The predicted octanol–water partition coefficient (Wildman–Crippen LogP) is 7.32. The molecule has 206 valence electrons. The van der Waals surface area contributed by atoms with E-state index in [9.17, 15) is 4.79 Å². The first-order valence-electron chi connectivity index (χ1n) is 12.5. The molecule has 0 atom stereocenters. The molecular weight excluding hydrogens is 551 g/mol. The fourth-order valence-electron chi connectivity index (χ4n) is 3.69. The molecule has 0 aromatic heterocycles. The molecule has 0 heterocycles. The van der Waals surface area contributed by atoms with Gasteiger partial charge in [0.2, 0.25) is 0 Å². The molecule has 0 fully saturated rings. The summed E-state index contributed by atoms with van der Waals surface area (Å²) in [7, 11) is 1.52. The first kappa shape index (κ1) is 28.8. The highest BCUT2D eigenvalue weighted by molar-refractivity contribution is 6.32. The lowest BCUT2D eigenvalue weighted by Crippen LogP contribution is -2.17. The first-order chi connectivity index (χ1) is 19.5. The zero-order valence-corrected chi connectivity index (χ0v) is 23.5. The van der Waals surface area contributed by atoms with Gasteiger partial charge in [-0.3, -0.25) is 4.79 Å². The van der Waals surface area contributed by atoms with Crippen molar-refractivity contribution >= 4 is 35.3 Å². The molecule has 0 unspecified atom stereocenters. The molecule has 0 aliphatic heterocycles.